The predicted molar refractivity (Wildman–Crippen MR) is 134 cm³/mol. The summed E-state index contributed by atoms with van der Waals surface area (Å²) in [6.45, 7) is 2.12. The highest BCUT2D eigenvalue weighted by molar-refractivity contribution is 5.77. The number of benzene rings is 3. The maximum atomic E-state index is 13.5. The first kappa shape index (κ1) is 22.8. The van der Waals surface area contributed by atoms with Crippen LogP contribution in [0.4, 0.5) is 0 Å². The maximum absolute atomic E-state index is 13.5. The number of aliphatic hydroxyl groups excluding tert-OH is 1. The number of nitriles is 1. The molecular formula is C28H26N4O3. The Bertz CT molecular complexity index is 1530. The van der Waals surface area contributed by atoms with Crippen molar-refractivity contribution in [2.75, 3.05) is 13.1 Å². The average Bonchev–Trinajstić information content (AvgIpc) is 2.89. The van der Waals surface area contributed by atoms with Crippen molar-refractivity contribution in [3.63, 3.8) is 0 Å². The van der Waals surface area contributed by atoms with Gasteiger partial charge in [-0.2, -0.15) is 5.26 Å². The number of hydrogen-bond donors (Lipinski definition) is 1. The number of hydrogen-bond acceptors (Lipinski definition) is 5. The minimum absolute atomic E-state index is 0.0754. The Labute approximate surface area is 202 Å². The van der Waals surface area contributed by atoms with Crippen LogP contribution in [-0.4, -0.2) is 38.3 Å². The van der Waals surface area contributed by atoms with E-state index in [4.69, 9.17) is 5.26 Å². The van der Waals surface area contributed by atoms with Gasteiger partial charge in [0.2, 0.25) is 0 Å². The van der Waals surface area contributed by atoms with Gasteiger partial charge in [0.05, 0.1) is 41.7 Å². The number of para-hydroxylation sites is 1. The van der Waals surface area contributed by atoms with E-state index in [1.165, 1.54) is 11.1 Å². The number of nitrogens with zero attached hydrogens (tertiary/aromatic N) is 4. The largest absolute Gasteiger partial charge is 0.390 e. The molecule has 0 radical (unpaired) electrons. The molecule has 0 amide bonds. The van der Waals surface area contributed by atoms with Gasteiger partial charge in [0, 0.05) is 19.6 Å². The zero-order chi connectivity index (χ0) is 24.4. The summed E-state index contributed by atoms with van der Waals surface area (Å²) in [7, 11) is 0. The molecule has 0 unspecified atom stereocenters. The summed E-state index contributed by atoms with van der Waals surface area (Å²) in [5.74, 6) is 0. The number of aliphatic hydroxyl groups is 1. The third-order valence-corrected chi connectivity index (χ3v) is 6.63. The minimum atomic E-state index is -0.866. The lowest BCUT2D eigenvalue weighted by atomic mass is 10.00. The van der Waals surface area contributed by atoms with E-state index in [1.54, 1.807) is 53.1 Å². The molecule has 1 atom stereocenters. The van der Waals surface area contributed by atoms with Crippen LogP contribution in [0.5, 0.6) is 0 Å². The maximum Gasteiger partial charge on any atom is 0.331 e. The zero-order valence-corrected chi connectivity index (χ0v) is 19.3. The smallest absolute Gasteiger partial charge is 0.331 e. The molecule has 7 heteroatoms. The molecule has 0 bridgehead atoms. The minimum Gasteiger partial charge on any atom is -0.390 e. The van der Waals surface area contributed by atoms with E-state index in [0.717, 1.165) is 29.6 Å². The van der Waals surface area contributed by atoms with Gasteiger partial charge < -0.3 is 5.11 Å². The Kier molecular flexibility index (Phi) is 6.32. The molecule has 4 aromatic rings. The second-order valence-electron chi connectivity index (χ2n) is 9.02. The van der Waals surface area contributed by atoms with Crippen LogP contribution < -0.4 is 11.2 Å². The fourth-order valence-electron chi connectivity index (χ4n) is 4.83. The summed E-state index contributed by atoms with van der Waals surface area (Å²) < 4.78 is 2.70. The molecular weight excluding hydrogens is 440 g/mol. The average molecular weight is 467 g/mol. The van der Waals surface area contributed by atoms with E-state index in [9.17, 15) is 14.7 Å². The fraction of sp³-hybridized carbons (Fsp3) is 0.250. The van der Waals surface area contributed by atoms with Gasteiger partial charge in [-0.25, -0.2) is 4.79 Å². The van der Waals surface area contributed by atoms with E-state index >= 15 is 0 Å². The van der Waals surface area contributed by atoms with Gasteiger partial charge >= 0.3 is 5.69 Å². The third-order valence-electron chi connectivity index (χ3n) is 6.63. The SMILES string of the molecule is N#Cc1ccc(Cn2c(=O)n(C[C@H](O)CN3CCc4ccccc4C3)c(=O)c3ccccc32)cc1. The van der Waals surface area contributed by atoms with Crippen molar-refractivity contribution in [2.24, 2.45) is 0 Å². The molecule has 5 rings (SSSR count). The first-order chi connectivity index (χ1) is 17.0. The number of rotatable bonds is 6. The van der Waals surface area contributed by atoms with Crippen molar-refractivity contribution in [3.05, 3.63) is 116 Å². The van der Waals surface area contributed by atoms with Crippen LogP contribution in [0.1, 0.15) is 22.3 Å². The van der Waals surface area contributed by atoms with Gasteiger partial charge in [-0.3, -0.25) is 18.8 Å². The van der Waals surface area contributed by atoms with Crippen LogP contribution in [0, 0.1) is 11.3 Å². The standard InChI is InChI=1S/C28H26N4O3/c29-15-20-9-11-21(12-10-20)16-31-26-8-4-3-7-25(26)27(34)32(28(31)35)19-24(33)18-30-14-13-22-5-1-2-6-23(22)17-30/h1-12,24,33H,13-14,16-19H2/t24-/m1/s1. The summed E-state index contributed by atoms with van der Waals surface area (Å²) in [5.41, 5.74) is 3.65. The van der Waals surface area contributed by atoms with Crippen LogP contribution in [0.15, 0.2) is 82.4 Å². The Morgan fingerprint density at radius 1 is 0.886 bits per heavy atom. The molecule has 2 heterocycles. The molecule has 35 heavy (non-hydrogen) atoms. The first-order valence-corrected chi connectivity index (χ1v) is 11.7. The molecule has 0 spiro atoms. The zero-order valence-electron chi connectivity index (χ0n) is 19.3. The molecule has 3 aromatic carbocycles. The number of β-amino-alcohol motifs (C(OH)–C–C–N with tert-alkyl or cyclic N) is 1. The van der Waals surface area contributed by atoms with Crippen molar-refractivity contribution in [2.45, 2.75) is 32.2 Å². The van der Waals surface area contributed by atoms with E-state index in [0.29, 0.717) is 23.0 Å². The van der Waals surface area contributed by atoms with E-state index in [1.807, 2.05) is 12.1 Å². The van der Waals surface area contributed by atoms with Gasteiger partial charge in [-0.05, 0) is 47.4 Å². The van der Waals surface area contributed by atoms with Crippen LogP contribution in [0.2, 0.25) is 0 Å². The highest BCUT2D eigenvalue weighted by atomic mass is 16.3. The topological polar surface area (TPSA) is 91.3 Å². The van der Waals surface area contributed by atoms with Crippen LogP contribution in [-0.2, 0) is 26.1 Å². The normalized spacial score (nSPS) is 14.4. The first-order valence-electron chi connectivity index (χ1n) is 11.7. The molecule has 0 aliphatic carbocycles. The van der Waals surface area contributed by atoms with E-state index in [-0.39, 0.29) is 13.1 Å². The van der Waals surface area contributed by atoms with Gasteiger partial charge in [0.25, 0.3) is 5.56 Å². The van der Waals surface area contributed by atoms with Crippen molar-refractivity contribution in [1.82, 2.24) is 14.0 Å². The summed E-state index contributed by atoms with van der Waals surface area (Å²) in [5, 5.41) is 20.4. The number of aromatic nitrogens is 2. The predicted octanol–water partition coefficient (Wildman–Crippen LogP) is 2.50. The third kappa shape index (κ3) is 4.67. The lowest BCUT2D eigenvalue weighted by Crippen LogP contribution is -2.45. The molecule has 1 aliphatic heterocycles. The monoisotopic (exact) mass is 466 g/mol. The highest BCUT2D eigenvalue weighted by Gasteiger charge is 2.21. The molecule has 0 fully saturated rings. The number of fused-ring (bicyclic) bond motifs is 2. The Balaban J connectivity index is 1.43. The highest BCUT2D eigenvalue weighted by Crippen LogP contribution is 2.18. The molecule has 176 valence electrons. The lowest BCUT2D eigenvalue weighted by molar-refractivity contribution is 0.0897. The van der Waals surface area contributed by atoms with Crippen molar-refractivity contribution < 1.29 is 5.11 Å². The van der Waals surface area contributed by atoms with E-state index in [2.05, 4.69) is 23.1 Å². The molecule has 1 N–H and O–H groups in total. The van der Waals surface area contributed by atoms with Crippen LogP contribution >= 0.6 is 0 Å². The van der Waals surface area contributed by atoms with Crippen molar-refractivity contribution in [3.8, 4) is 6.07 Å². The Hall–Kier alpha value is -3.99. The summed E-state index contributed by atoms with van der Waals surface area (Å²) in [4.78, 5) is 28.9. The summed E-state index contributed by atoms with van der Waals surface area (Å²) >= 11 is 0. The van der Waals surface area contributed by atoms with Gasteiger partial charge in [-0.1, -0.05) is 48.5 Å². The molecule has 0 saturated carbocycles. The van der Waals surface area contributed by atoms with Gasteiger partial charge in [0.15, 0.2) is 0 Å². The van der Waals surface area contributed by atoms with E-state index < -0.39 is 17.4 Å². The molecule has 1 aliphatic rings. The quantitative estimate of drug-likeness (QED) is 0.472. The second-order valence-corrected chi connectivity index (χ2v) is 9.02. The van der Waals surface area contributed by atoms with Gasteiger partial charge in [-0.15, -0.1) is 0 Å². The lowest BCUT2D eigenvalue weighted by Gasteiger charge is -2.30. The Morgan fingerprint density at radius 2 is 1.60 bits per heavy atom. The summed E-state index contributed by atoms with van der Waals surface area (Å²) in [6, 6.07) is 24.4. The van der Waals surface area contributed by atoms with Crippen molar-refractivity contribution >= 4 is 10.9 Å². The molecule has 7 nitrogen and oxygen atoms in total. The van der Waals surface area contributed by atoms with Crippen molar-refractivity contribution in [1.29, 1.82) is 5.26 Å². The molecule has 1 aromatic heterocycles. The summed E-state index contributed by atoms with van der Waals surface area (Å²) in [6.07, 6.45) is 0.0473. The van der Waals surface area contributed by atoms with Gasteiger partial charge in [0.1, 0.15) is 0 Å². The Morgan fingerprint density at radius 3 is 2.37 bits per heavy atom. The fourth-order valence-corrected chi connectivity index (χ4v) is 4.83. The second kappa shape index (κ2) is 9.71. The van der Waals surface area contributed by atoms with Crippen LogP contribution in [0.3, 0.4) is 0 Å². The molecule has 0 saturated heterocycles. The van der Waals surface area contributed by atoms with Crippen LogP contribution in [0.25, 0.3) is 10.9 Å².